The van der Waals surface area contributed by atoms with E-state index in [4.69, 9.17) is 16.6 Å². The maximum atomic E-state index is 10.6. The molecule has 1 aromatic rings. The van der Waals surface area contributed by atoms with Crippen molar-refractivity contribution in [2.45, 2.75) is 13.0 Å². The van der Waals surface area contributed by atoms with Crippen molar-refractivity contribution in [1.82, 2.24) is 0 Å². The maximum absolute atomic E-state index is 10.6. The number of carboxylic acid groups (broad SMARTS) is 1. The molecule has 5 N–H and O–H groups in total. The van der Waals surface area contributed by atoms with Crippen LogP contribution in [0.5, 0.6) is 0 Å². The Balaban J connectivity index is 3.08. The van der Waals surface area contributed by atoms with Gasteiger partial charge in [-0.3, -0.25) is 4.79 Å². The van der Waals surface area contributed by atoms with Crippen LogP contribution >= 0.6 is 0 Å². The molecule has 4 heteroatoms. The molecule has 0 aromatic heterocycles. The van der Waals surface area contributed by atoms with Crippen LogP contribution in [0.3, 0.4) is 0 Å². The third-order valence-electron chi connectivity index (χ3n) is 1.84. The second kappa shape index (κ2) is 3.45. The van der Waals surface area contributed by atoms with Crippen molar-refractivity contribution < 1.29 is 9.90 Å². The lowest BCUT2D eigenvalue weighted by Gasteiger charge is -2.10. The zero-order chi connectivity index (χ0) is 10.0. The zero-order valence-electron chi connectivity index (χ0n) is 7.32. The number of aryl methyl sites for hydroxylation is 1. The van der Waals surface area contributed by atoms with Gasteiger partial charge in [0.15, 0.2) is 0 Å². The van der Waals surface area contributed by atoms with Crippen LogP contribution in [0, 0.1) is 6.92 Å². The molecule has 0 aliphatic heterocycles. The lowest BCUT2D eigenvalue weighted by atomic mass is 10.0. The van der Waals surface area contributed by atoms with Crippen molar-refractivity contribution in [3.05, 3.63) is 29.3 Å². The monoisotopic (exact) mass is 180 g/mol. The summed E-state index contributed by atoms with van der Waals surface area (Å²) in [5, 5.41) is 8.65. The molecule has 0 radical (unpaired) electrons. The van der Waals surface area contributed by atoms with Crippen molar-refractivity contribution in [3.63, 3.8) is 0 Å². The molecule has 1 rings (SSSR count). The van der Waals surface area contributed by atoms with E-state index < -0.39 is 12.0 Å². The van der Waals surface area contributed by atoms with E-state index >= 15 is 0 Å². The lowest BCUT2D eigenvalue weighted by molar-refractivity contribution is -0.138. The molecule has 0 amide bonds. The van der Waals surface area contributed by atoms with Crippen molar-refractivity contribution >= 4 is 11.7 Å². The standard InChI is InChI=1S/C9H12N2O2/c1-5-2-3-6(7(10)4-5)8(11)9(12)13/h2-4,8H,10-11H2,1H3,(H,12,13). The molecule has 13 heavy (non-hydrogen) atoms. The summed E-state index contributed by atoms with van der Waals surface area (Å²) in [4.78, 5) is 10.6. The van der Waals surface area contributed by atoms with Gasteiger partial charge in [0.1, 0.15) is 6.04 Å². The number of nitrogen functional groups attached to an aromatic ring is 1. The van der Waals surface area contributed by atoms with Crippen LogP contribution in [0.1, 0.15) is 17.2 Å². The summed E-state index contributed by atoms with van der Waals surface area (Å²) in [5.74, 6) is -1.07. The summed E-state index contributed by atoms with van der Waals surface area (Å²) in [6.45, 7) is 1.88. The summed E-state index contributed by atoms with van der Waals surface area (Å²) in [6, 6.07) is 4.09. The largest absolute Gasteiger partial charge is 0.480 e. The lowest BCUT2D eigenvalue weighted by Crippen LogP contribution is -2.21. The number of nitrogens with two attached hydrogens (primary N) is 2. The fourth-order valence-electron chi connectivity index (χ4n) is 1.11. The Labute approximate surface area is 76.2 Å². The average molecular weight is 180 g/mol. The second-order valence-corrected chi connectivity index (χ2v) is 2.95. The van der Waals surface area contributed by atoms with Gasteiger partial charge >= 0.3 is 5.97 Å². The summed E-state index contributed by atoms with van der Waals surface area (Å²) < 4.78 is 0. The first-order valence-corrected chi connectivity index (χ1v) is 3.87. The van der Waals surface area contributed by atoms with E-state index in [9.17, 15) is 4.79 Å². The van der Waals surface area contributed by atoms with Crippen molar-refractivity contribution in [2.24, 2.45) is 5.73 Å². The van der Waals surface area contributed by atoms with Crippen LogP contribution in [0.25, 0.3) is 0 Å². The molecule has 1 aromatic carbocycles. The Morgan fingerprint density at radius 1 is 1.54 bits per heavy atom. The molecule has 0 aliphatic carbocycles. The number of anilines is 1. The Kier molecular flexibility index (Phi) is 2.53. The first-order valence-electron chi connectivity index (χ1n) is 3.87. The highest BCUT2D eigenvalue weighted by Gasteiger charge is 2.16. The predicted molar refractivity (Wildman–Crippen MR) is 50.2 cm³/mol. The Morgan fingerprint density at radius 2 is 2.15 bits per heavy atom. The fourth-order valence-corrected chi connectivity index (χ4v) is 1.11. The van der Waals surface area contributed by atoms with E-state index in [0.717, 1.165) is 5.56 Å². The maximum Gasteiger partial charge on any atom is 0.325 e. The first-order chi connectivity index (χ1) is 6.02. The molecule has 0 bridgehead atoms. The normalized spacial score (nSPS) is 12.5. The third-order valence-corrected chi connectivity index (χ3v) is 1.84. The Bertz CT molecular complexity index is 336. The molecule has 0 saturated carbocycles. The smallest absolute Gasteiger partial charge is 0.325 e. The molecule has 4 nitrogen and oxygen atoms in total. The van der Waals surface area contributed by atoms with Gasteiger partial charge in [-0.1, -0.05) is 12.1 Å². The summed E-state index contributed by atoms with van der Waals surface area (Å²) in [7, 11) is 0. The van der Waals surface area contributed by atoms with Gasteiger partial charge in [0.2, 0.25) is 0 Å². The van der Waals surface area contributed by atoms with Gasteiger partial charge in [-0.2, -0.15) is 0 Å². The highest BCUT2D eigenvalue weighted by molar-refractivity contribution is 5.77. The fraction of sp³-hybridized carbons (Fsp3) is 0.222. The van der Waals surface area contributed by atoms with Crippen LogP contribution in [-0.4, -0.2) is 11.1 Å². The van der Waals surface area contributed by atoms with Gasteiger partial charge < -0.3 is 16.6 Å². The SMILES string of the molecule is Cc1ccc(C(N)C(=O)O)c(N)c1. The molecule has 0 fully saturated rings. The van der Waals surface area contributed by atoms with Gasteiger partial charge in [0.25, 0.3) is 0 Å². The second-order valence-electron chi connectivity index (χ2n) is 2.95. The number of aliphatic carboxylic acids is 1. The molecule has 1 atom stereocenters. The van der Waals surface area contributed by atoms with Crippen LogP contribution in [0.2, 0.25) is 0 Å². The third kappa shape index (κ3) is 1.97. The number of carboxylic acids is 1. The number of hydrogen-bond donors (Lipinski definition) is 3. The Morgan fingerprint density at radius 3 is 2.62 bits per heavy atom. The highest BCUT2D eigenvalue weighted by atomic mass is 16.4. The summed E-state index contributed by atoms with van der Waals surface area (Å²) in [6.07, 6.45) is 0. The van der Waals surface area contributed by atoms with Gasteiger partial charge in [-0.05, 0) is 18.6 Å². The Hall–Kier alpha value is -1.55. The molecular weight excluding hydrogens is 168 g/mol. The molecule has 0 heterocycles. The van der Waals surface area contributed by atoms with Crippen LogP contribution < -0.4 is 11.5 Å². The minimum absolute atomic E-state index is 0.426. The van der Waals surface area contributed by atoms with E-state index in [2.05, 4.69) is 0 Å². The summed E-state index contributed by atoms with van der Waals surface area (Å²) >= 11 is 0. The molecular formula is C9H12N2O2. The number of hydrogen-bond acceptors (Lipinski definition) is 3. The van der Waals surface area contributed by atoms with Crippen LogP contribution in [0.15, 0.2) is 18.2 Å². The predicted octanol–water partition coefficient (Wildman–Crippen LogP) is 0.662. The molecule has 1 unspecified atom stereocenters. The number of benzene rings is 1. The van der Waals surface area contributed by atoms with Crippen molar-refractivity contribution in [2.75, 3.05) is 5.73 Å². The number of carbonyl (C=O) groups is 1. The van der Waals surface area contributed by atoms with Crippen molar-refractivity contribution in [3.8, 4) is 0 Å². The molecule has 0 saturated heterocycles. The molecule has 70 valence electrons. The molecule has 0 aliphatic rings. The average Bonchev–Trinajstić information content (AvgIpc) is 2.03. The minimum atomic E-state index is -1.07. The van der Waals surface area contributed by atoms with Gasteiger partial charge in [0.05, 0.1) is 0 Å². The highest BCUT2D eigenvalue weighted by Crippen LogP contribution is 2.19. The quantitative estimate of drug-likeness (QED) is 0.583. The van der Waals surface area contributed by atoms with Crippen LogP contribution in [-0.2, 0) is 4.79 Å². The van der Waals surface area contributed by atoms with E-state index in [1.54, 1.807) is 18.2 Å². The first kappa shape index (κ1) is 9.54. The zero-order valence-corrected chi connectivity index (χ0v) is 7.32. The summed E-state index contributed by atoms with van der Waals surface area (Å²) in [5.41, 5.74) is 12.9. The van der Waals surface area contributed by atoms with Crippen molar-refractivity contribution in [1.29, 1.82) is 0 Å². The van der Waals surface area contributed by atoms with E-state index in [0.29, 0.717) is 11.3 Å². The number of rotatable bonds is 2. The van der Waals surface area contributed by atoms with E-state index in [-0.39, 0.29) is 0 Å². The van der Waals surface area contributed by atoms with Crippen LogP contribution in [0.4, 0.5) is 5.69 Å². The van der Waals surface area contributed by atoms with E-state index in [1.165, 1.54) is 0 Å². The van der Waals surface area contributed by atoms with Gasteiger partial charge in [-0.15, -0.1) is 0 Å². The minimum Gasteiger partial charge on any atom is -0.480 e. The topological polar surface area (TPSA) is 89.3 Å². The van der Waals surface area contributed by atoms with Gasteiger partial charge in [0, 0.05) is 11.3 Å². The van der Waals surface area contributed by atoms with E-state index in [1.807, 2.05) is 6.92 Å². The molecule has 0 spiro atoms. The van der Waals surface area contributed by atoms with Gasteiger partial charge in [-0.25, -0.2) is 0 Å².